The molecule has 6 heteroatoms. The Morgan fingerprint density at radius 3 is 2.62 bits per heavy atom. The first-order chi connectivity index (χ1) is 14.0. The second-order valence-corrected chi connectivity index (χ2v) is 9.05. The number of hydrogen-bond donors (Lipinski definition) is 1. The molecule has 150 valence electrons. The molecule has 0 fully saturated rings. The second kappa shape index (κ2) is 7.97. The van der Waals surface area contributed by atoms with Gasteiger partial charge in [-0.1, -0.05) is 55.5 Å². The van der Waals surface area contributed by atoms with Crippen molar-refractivity contribution >= 4 is 32.4 Å². The molecule has 1 N–H and O–H groups in total. The van der Waals surface area contributed by atoms with Crippen molar-refractivity contribution in [2.75, 3.05) is 11.4 Å². The summed E-state index contributed by atoms with van der Waals surface area (Å²) < 4.78 is 28.6. The van der Waals surface area contributed by atoms with E-state index < -0.39 is 10.0 Å². The number of carbonyl (C=O) groups excluding carboxylic acids is 1. The van der Waals surface area contributed by atoms with Gasteiger partial charge in [-0.3, -0.25) is 4.79 Å². The van der Waals surface area contributed by atoms with Crippen molar-refractivity contribution in [2.45, 2.75) is 37.6 Å². The van der Waals surface area contributed by atoms with Gasteiger partial charge in [-0.25, -0.2) is 13.1 Å². The van der Waals surface area contributed by atoms with Crippen LogP contribution < -0.4 is 9.62 Å². The molecule has 0 aromatic heterocycles. The Kier molecular flexibility index (Phi) is 5.39. The van der Waals surface area contributed by atoms with E-state index in [1.54, 1.807) is 12.1 Å². The van der Waals surface area contributed by atoms with Gasteiger partial charge in [0, 0.05) is 30.6 Å². The normalized spacial score (nSPS) is 14.2. The SMILES string of the molecule is CCCN1C(=O)CCc2cc(CNS(=O)(=O)c3cccc4ccccc34)ccc21. The van der Waals surface area contributed by atoms with Gasteiger partial charge in [-0.15, -0.1) is 0 Å². The van der Waals surface area contributed by atoms with Crippen molar-refractivity contribution in [2.24, 2.45) is 0 Å². The van der Waals surface area contributed by atoms with Crippen molar-refractivity contribution in [1.29, 1.82) is 0 Å². The molecule has 0 bridgehead atoms. The molecule has 0 spiro atoms. The van der Waals surface area contributed by atoms with Crippen LogP contribution in [0.1, 0.15) is 30.9 Å². The third-order valence-electron chi connectivity index (χ3n) is 5.30. The fourth-order valence-electron chi connectivity index (χ4n) is 3.88. The zero-order valence-corrected chi connectivity index (χ0v) is 17.2. The molecule has 5 nitrogen and oxygen atoms in total. The van der Waals surface area contributed by atoms with Gasteiger partial charge < -0.3 is 4.90 Å². The summed E-state index contributed by atoms with van der Waals surface area (Å²) in [4.78, 5) is 14.3. The molecule has 1 aliphatic rings. The van der Waals surface area contributed by atoms with Crippen LogP contribution >= 0.6 is 0 Å². The Hall–Kier alpha value is -2.70. The van der Waals surface area contributed by atoms with Gasteiger partial charge in [0.05, 0.1) is 4.90 Å². The lowest BCUT2D eigenvalue weighted by molar-refractivity contribution is -0.118. The van der Waals surface area contributed by atoms with E-state index in [0.29, 0.717) is 24.8 Å². The molecule has 0 saturated carbocycles. The zero-order valence-electron chi connectivity index (χ0n) is 16.4. The summed E-state index contributed by atoms with van der Waals surface area (Å²) in [6.45, 7) is 2.97. The third kappa shape index (κ3) is 3.91. The summed E-state index contributed by atoms with van der Waals surface area (Å²) in [5.41, 5.74) is 2.93. The fraction of sp³-hybridized carbons (Fsp3) is 0.261. The highest BCUT2D eigenvalue weighted by molar-refractivity contribution is 7.89. The van der Waals surface area contributed by atoms with Gasteiger partial charge in [-0.2, -0.15) is 0 Å². The van der Waals surface area contributed by atoms with E-state index in [0.717, 1.165) is 28.6 Å². The van der Waals surface area contributed by atoms with Gasteiger partial charge in [0.2, 0.25) is 15.9 Å². The number of nitrogens with one attached hydrogen (secondary N) is 1. The molecule has 4 rings (SSSR count). The molecule has 0 radical (unpaired) electrons. The van der Waals surface area contributed by atoms with E-state index in [9.17, 15) is 13.2 Å². The van der Waals surface area contributed by atoms with Gasteiger partial charge in [0.15, 0.2) is 0 Å². The van der Waals surface area contributed by atoms with Crippen LogP contribution in [-0.2, 0) is 27.8 Å². The molecule has 3 aromatic rings. The monoisotopic (exact) mass is 408 g/mol. The highest BCUT2D eigenvalue weighted by Crippen LogP contribution is 2.29. The van der Waals surface area contributed by atoms with Gasteiger partial charge in [-0.05, 0) is 41.5 Å². The average Bonchev–Trinajstić information content (AvgIpc) is 2.74. The van der Waals surface area contributed by atoms with E-state index in [4.69, 9.17) is 0 Å². The van der Waals surface area contributed by atoms with Gasteiger partial charge in [0.25, 0.3) is 0 Å². The Balaban J connectivity index is 1.57. The maximum absolute atomic E-state index is 12.9. The predicted molar refractivity (Wildman–Crippen MR) is 115 cm³/mol. The van der Waals surface area contributed by atoms with E-state index >= 15 is 0 Å². The molecular weight excluding hydrogens is 384 g/mol. The maximum Gasteiger partial charge on any atom is 0.241 e. The van der Waals surface area contributed by atoms with Gasteiger partial charge in [0.1, 0.15) is 0 Å². The topological polar surface area (TPSA) is 66.5 Å². The van der Waals surface area contributed by atoms with E-state index in [1.165, 1.54) is 0 Å². The molecule has 0 unspecified atom stereocenters. The van der Waals surface area contributed by atoms with Crippen molar-refractivity contribution in [3.63, 3.8) is 0 Å². The largest absolute Gasteiger partial charge is 0.312 e. The Labute approximate surface area is 171 Å². The van der Waals surface area contributed by atoms with E-state index in [2.05, 4.69) is 11.6 Å². The van der Waals surface area contributed by atoms with Crippen molar-refractivity contribution in [1.82, 2.24) is 4.72 Å². The van der Waals surface area contributed by atoms with Crippen molar-refractivity contribution < 1.29 is 13.2 Å². The second-order valence-electron chi connectivity index (χ2n) is 7.31. The number of nitrogens with zero attached hydrogens (tertiary/aromatic N) is 1. The van der Waals surface area contributed by atoms with Crippen LogP contribution in [0.4, 0.5) is 5.69 Å². The summed E-state index contributed by atoms with van der Waals surface area (Å²) in [7, 11) is -3.65. The van der Waals surface area contributed by atoms with Crippen LogP contribution in [0.2, 0.25) is 0 Å². The maximum atomic E-state index is 12.9. The molecule has 29 heavy (non-hydrogen) atoms. The predicted octanol–water partition coefficient (Wildman–Crippen LogP) is 4.01. The Bertz CT molecular complexity index is 1170. The molecule has 1 aliphatic heterocycles. The number of hydrogen-bond acceptors (Lipinski definition) is 3. The van der Waals surface area contributed by atoms with Crippen LogP contribution in [0.5, 0.6) is 0 Å². The molecule has 1 amide bonds. The molecule has 0 aliphatic carbocycles. The smallest absolute Gasteiger partial charge is 0.241 e. The highest BCUT2D eigenvalue weighted by Gasteiger charge is 2.24. The summed E-state index contributed by atoms with van der Waals surface area (Å²) in [5, 5.41) is 1.60. The standard InChI is InChI=1S/C23H24N2O3S/c1-2-14-25-21-12-10-17(15-19(21)11-13-23(25)26)16-24-29(27,28)22-9-5-7-18-6-3-4-8-20(18)22/h3-10,12,15,24H,2,11,13-14,16H2,1H3. The zero-order chi connectivity index (χ0) is 20.4. The number of carbonyl (C=O) groups is 1. The lowest BCUT2D eigenvalue weighted by Crippen LogP contribution is -2.35. The number of amides is 1. The molecule has 0 saturated heterocycles. The van der Waals surface area contributed by atoms with Crippen molar-refractivity contribution in [3.8, 4) is 0 Å². The van der Waals surface area contributed by atoms with E-state index in [1.807, 2.05) is 53.4 Å². The molecular formula is C23H24N2O3S. The average molecular weight is 409 g/mol. The first kappa shape index (κ1) is 19.6. The molecule has 0 atom stereocenters. The first-order valence-corrected chi connectivity index (χ1v) is 11.4. The van der Waals surface area contributed by atoms with E-state index in [-0.39, 0.29) is 17.3 Å². The lowest BCUT2D eigenvalue weighted by atomic mass is 9.98. The number of anilines is 1. The number of aryl methyl sites for hydroxylation is 1. The van der Waals surface area contributed by atoms with Crippen LogP contribution in [0, 0.1) is 0 Å². The van der Waals surface area contributed by atoms with Crippen molar-refractivity contribution in [3.05, 3.63) is 71.8 Å². The van der Waals surface area contributed by atoms with Crippen LogP contribution in [0.3, 0.4) is 0 Å². The van der Waals surface area contributed by atoms with Crippen LogP contribution in [0.15, 0.2) is 65.6 Å². The summed E-state index contributed by atoms with van der Waals surface area (Å²) in [6, 6.07) is 18.6. The minimum atomic E-state index is -3.65. The molecule has 1 heterocycles. The Morgan fingerprint density at radius 2 is 1.79 bits per heavy atom. The summed E-state index contributed by atoms with van der Waals surface area (Å²) >= 11 is 0. The fourth-order valence-corrected chi connectivity index (χ4v) is 5.12. The number of fused-ring (bicyclic) bond motifs is 2. The number of rotatable bonds is 6. The third-order valence-corrected chi connectivity index (χ3v) is 6.76. The van der Waals surface area contributed by atoms with Gasteiger partial charge >= 0.3 is 0 Å². The quantitative estimate of drug-likeness (QED) is 0.670. The number of sulfonamides is 1. The van der Waals surface area contributed by atoms with Crippen LogP contribution in [-0.4, -0.2) is 20.9 Å². The minimum absolute atomic E-state index is 0.156. The van der Waals surface area contributed by atoms with Crippen LogP contribution in [0.25, 0.3) is 10.8 Å². The summed E-state index contributed by atoms with van der Waals surface area (Å²) in [5.74, 6) is 0.156. The Morgan fingerprint density at radius 1 is 1.00 bits per heavy atom. The highest BCUT2D eigenvalue weighted by atomic mass is 32.2. The lowest BCUT2D eigenvalue weighted by Gasteiger charge is -2.29. The summed E-state index contributed by atoms with van der Waals surface area (Å²) in [6.07, 6.45) is 2.09. The minimum Gasteiger partial charge on any atom is -0.312 e. The number of benzene rings is 3. The first-order valence-electron chi connectivity index (χ1n) is 9.89. The molecule has 3 aromatic carbocycles.